The van der Waals surface area contributed by atoms with Gasteiger partial charge in [-0.3, -0.25) is 14.4 Å². The van der Waals surface area contributed by atoms with Gasteiger partial charge in [0.25, 0.3) is 0 Å². The smallest absolute Gasteiger partial charge is 0.320 e. The molecule has 154 valence electrons. The van der Waals surface area contributed by atoms with Gasteiger partial charge in [0, 0.05) is 22.4 Å². The van der Waals surface area contributed by atoms with E-state index in [2.05, 4.69) is 0 Å². The van der Waals surface area contributed by atoms with Crippen LogP contribution in [-0.4, -0.2) is 31.9 Å². The summed E-state index contributed by atoms with van der Waals surface area (Å²) in [4.78, 5) is 38.4. The van der Waals surface area contributed by atoms with Crippen molar-refractivity contribution >= 4 is 29.3 Å². The Morgan fingerprint density at radius 3 is 1.93 bits per heavy atom. The second-order valence-electron chi connectivity index (χ2n) is 7.07. The SMILES string of the molecule is COC(=O)C(C(=O)OC)[C@@H](c1ccc(Cl)cc1)[C@@H](C)C(=O)c1ccc(C)cc1C. The van der Waals surface area contributed by atoms with E-state index in [9.17, 15) is 14.4 Å². The molecule has 0 heterocycles. The summed E-state index contributed by atoms with van der Waals surface area (Å²) in [5.41, 5.74) is 3.06. The van der Waals surface area contributed by atoms with Crippen molar-refractivity contribution in [3.05, 3.63) is 69.7 Å². The molecule has 6 heteroatoms. The zero-order valence-electron chi connectivity index (χ0n) is 17.2. The summed E-state index contributed by atoms with van der Waals surface area (Å²) < 4.78 is 9.72. The van der Waals surface area contributed by atoms with Crippen molar-refractivity contribution in [1.82, 2.24) is 0 Å². The van der Waals surface area contributed by atoms with Crippen LogP contribution < -0.4 is 0 Å². The Morgan fingerprint density at radius 2 is 1.45 bits per heavy atom. The van der Waals surface area contributed by atoms with E-state index in [0.717, 1.165) is 11.1 Å². The normalized spacial score (nSPS) is 12.9. The summed E-state index contributed by atoms with van der Waals surface area (Å²) in [5, 5.41) is 0.508. The van der Waals surface area contributed by atoms with Gasteiger partial charge >= 0.3 is 11.9 Å². The van der Waals surface area contributed by atoms with Gasteiger partial charge in [0.15, 0.2) is 11.7 Å². The van der Waals surface area contributed by atoms with Crippen LogP contribution in [0.4, 0.5) is 0 Å². The van der Waals surface area contributed by atoms with Crippen LogP contribution in [0.5, 0.6) is 0 Å². The molecule has 2 aromatic carbocycles. The first-order valence-corrected chi connectivity index (χ1v) is 9.61. The van der Waals surface area contributed by atoms with Gasteiger partial charge in [0.1, 0.15) is 0 Å². The highest BCUT2D eigenvalue weighted by molar-refractivity contribution is 6.30. The maximum atomic E-state index is 13.4. The topological polar surface area (TPSA) is 69.7 Å². The van der Waals surface area contributed by atoms with E-state index < -0.39 is 29.7 Å². The standard InChI is InChI=1S/C23H25ClO5/c1-13-6-11-18(14(2)12-13)21(25)15(3)19(16-7-9-17(24)10-8-16)20(22(26)28-4)23(27)29-5/h6-12,15,19-20H,1-5H3/t15-,19-/m1/s1. The molecular weight excluding hydrogens is 392 g/mol. The lowest BCUT2D eigenvalue weighted by atomic mass is 9.74. The van der Waals surface area contributed by atoms with Crippen LogP contribution >= 0.6 is 11.6 Å². The second kappa shape index (κ2) is 9.70. The molecule has 0 saturated carbocycles. The number of hydrogen-bond acceptors (Lipinski definition) is 5. The van der Waals surface area contributed by atoms with Crippen molar-refractivity contribution in [2.75, 3.05) is 14.2 Å². The molecule has 29 heavy (non-hydrogen) atoms. The Labute approximate surface area is 176 Å². The number of ether oxygens (including phenoxy) is 2. The lowest BCUT2D eigenvalue weighted by molar-refractivity contribution is -0.160. The van der Waals surface area contributed by atoms with Gasteiger partial charge in [-0.1, -0.05) is 54.4 Å². The second-order valence-corrected chi connectivity index (χ2v) is 7.51. The number of Topliss-reactive ketones (excluding diaryl/α,β-unsaturated/α-hetero) is 1. The van der Waals surface area contributed by atoms with Crippen molar-refractivity contribution in [3.8, 4) is 0 Å². The van der Waals surface area contributed by atoms with Crippen molar-refractivity contribution in [1.29, 1.82) is 0 Å². The molecule has 0 unspecified atom stereocenters. The van der Waals surface area contributed by atoms with Gasteiger partial charge < -0.3 is 9.47 Å². The number of benzene rings is 2. The summed E-state index contributed by atoms with van der Waals surface area (Å²) in [6.45, 7) is 5.52. The predicted octanol–water partition coefficient (Wildman–Crippen LogP) is 4.52. The molecule has 5 nitrogen and oxygen atoms in total. The zero-order chi connectivity index (χ0) is 21.7. The van der Waals surface area contributed by atoms with Crippen LogP contribution in [0.15, 0.2) is 42.5 Å². The van der Waals surface area contributed by atoms with E-state index in [1.54, 1.807) is 37.3 Å². The van der Waals surface area contributed by atoms with Gasteiger partial charge in [-0.05, 0) is 37.1 Å². The highest BCUT2D eigenvalue weighted by Gasteiger charge is 2.43. The van der Waals surface area contributed by atoms with Crippen molar-refractivity contribution in [2.24, 2.45) is 11.8 Å². The molecule has 0 spiro atoms. The Morgan fingerprint density at radius 1 is 0.897 bits per heavy atom. The van der Waals surface area contributed by atoms with E-state index in [-0.39, 0.29) is 5.78 Å². The quantitative estimate of drug-likeness (QED) is 0.377. The van der Waals surface area contributed by atoms with E-state index >= 15 is 0 Å². The fraction of sp³-hybridized carbons (Fsp3) is 0.348. The van der Waals surface area contributed by atoms with Crippen LogP contribution in [0.2, 0.25) is 5.02 Å². The largest absolute Gasteiger partial charge is 0.468 e. The van der Waals surface area contributed by atoms with Crippen LogP contribution in [0.1, 0.15) is 39.9 Å². The summed E-state index contributed by atoms with van der Waals surface area (Å²) >= 11 is 6.00. The minimum absolute atomic E-state index is 0.166. The molecule has 0 aliphatic carbocycles. The summed E-state index contributed by atoms with van der Waals surface area (Å²) in [6.07, 6.45) is 0. The maximum Gasteiger partial charge on any atom is 0.320 e. The number of esters is 2. The van der Waals surface area contributed by atoms with Crippen LogP contribution in [-0.2, 0) is 19.1 Å². The number of rotatable bonds is 7. The molecule has 0 aliphatic heterocycles. The van der Waals surface area contributed by atoms with Crippen molar-refractivity contribution < 1.29 is 23.9 Å². The van der Waals surface area contributed by atoms with Gasteiger partial charge in [0.2, 0.25) is 0 Å². The van der Waals surface area contributed by atoms with E-state index in [0.29, 0.717) is 16.1 Å². The Hall–Kier alpha value is -2.66. The Balaban J connectivity index is 2.58. The number of methoxy groups -OCH3 is 2. The number of ketones is 1. The maximum absolute atomic E-state index is 13.4. The third kappa shape index (κ3) is 5.04. The molecule has 2 aromatic rings. The lowest BCUT2D eigenvalue weighted by Gasteiger charge is -2.29. The summed E-state index contributed by atoms with van der Waals surface area (Å²) in [5.74, 6) is -4.42. The monoisotopic (exact) mass is 416 g/mol. The first-order valence-electron chi connectivity index (χ1n) is 9.23. The fourth-order valence-electron chi connectivity index (χ4n) is 3.60. The Kier molecular flexibility index (Phi) is 7.57. The van der Waals surface area contributed by atoms with Gasteiger partial charge in [-0.2, -0.15) is 0 Å². The molecule has 0 bridgehead atoms. The van der Waals surface area contributed by atoms with Gasteiger partial charge in [0.05, 0.1) is 14.2 Å². The number of halogens is 1. The summed E-state index contributed by atoms with van der Waals surface area (Å²) in [7, 11) is 2.40. The highest BCUT2D eigenvalue weighted by Crippen LogP contribution is 2.37. The number of hydrogen-bond donors (Lipinski definition) is 0. The van der Waals surface area contributed by atoms with Gasteiger partial charge in [-0.15, -0.1) is 0 Å². The first kappa shape index (κ1) is 22.6. The summed E-state index contributed by atoms with van der Waals surface area (Å²) in [6, 6.07) is 12.3. The van der Waals surface area contributed by atoms with Crippen LogP contribution in [0.25, 0.3) is 0 Å². The number of carbonyl (C=O) groups is 3. The number of aryl methyl sites for hydroxylation is 2. The number of carbonyl (C=O) groups excluding carboxylic acids is 3. The average Bonchev–Trinajstić information content (AvgIpc) is 2.70. The first-order chi connectivity index (χ1) is 13.7. The minimum atomic E-state index is -1.28. The molecule has 0 aliphatic rings. The van der Waals surface area contributed by atoms with E-state index in [1.165, 1.54) is 14.2 Å². The molecule has 0 aromatic heterocycles. The van der Waals surface area contributed by atoms with Crippen LogP contribution in [0, 0.1) is 25.7 Å². The third-order valence-electron chi connectivity index (χ3n) is 5.12. The predicted molar refractivity (Wildman–Crippen MR) is 111 cm³/mol. The lowest BCUT2D eigenvalue weighted by Crippen LogP contribution is -2.37. The van der Waals surface area contributed by atoms with Crippen molar-refractivity contribution in [3.63, 3.8) is 0 Å². The molecule has 2 rings (SSSR count). The molecule has 0 radical (unpaired) electrons. The van der Waals surface area contributed by atoms with E-state index in [4.69, 9.17) is 21.1 Å². The molecular formula is C23H25ClO5. The van der Waals surface area contributed by atoms with Crippen molar-refractivity contribution in [2.45, 2.75) is 26.7 Å². The minimum Gasteiger partial charge on any atom is -0.468 e. The van der Waals surface area contributed by atoms with Gasteiger partial charge in [-0.25, -0.2) is 0 Å². The third-order valence-corrected chi connectivity index (χ3v) is 5.38. The molecule has 0 N–H and O–H groups in total. The highest BCUT2D eigenvalue weighted by atomic mass is 35.5. The fourth-order valence-corrected chi connectivity index (χ4v) is 3.72. The molecule has 2 atom stereocenters. The molecule has 0 saturated heterocycles. The molecule has 0 amide bonds. The molecule has 0 fully saturated rings. The van der Waals surface area contributed by atoms with E-state index in [1.807, 2.05) is 26.0 Å². The average molecular weight is 417 g/mol. The Bertz CT molecular complexity index is 888. The van der Waals surface area contributed by atoms with Crippen LogP contribution in [0.3, 0.4) is 0 Å². The zero-order valence-corrected chi connectivity index (χ0v) is 17.9.